The lowest BCUT2D eigenvalue weighted by molar-refractivity contribution is 0.0555. The molecule has 3 heteroatoms. The molecule has 0 saturated carbocycles. The van der Waals surface area contributed by atoms with Crippen LogP contribution in [0, 0.1) is 5.41 Å². The molecule has 0 heterocycles. The van der Waals surface area contributed by atoms with Gasteiger partial charge in [-0.05, 0) is 24.6 Å². The van der Waals surface area contributed by atoms with E-state index in [0.29, 0.717) is 13.2 Å². The largest absolute Gasteiger partial charge is 0.494 e. The molecular formula is C13H21NO2. The number of aliphatic hydroxyl groups is 1. The molecule has 0 radical (unpaired) electrons. The van der Waals surface area contributed by atoms with E-state index in [1.165, 1.54) is 0 Å². The van der Waals surface area contributed by atoms with Gasteiger partial charge in [0.2, 0.25) is 0 Å². The highest BCUT2D eigenvalue weighted by molar-refractivity contribution is 5.29. The van der Waals surface area contributed by atoms with Crippen LogP contribution in [0.5, 0.6) is 5.75 Å². The molecule has 0 aliphatic carbocycles. The summed E-state index contributed by atoms with van der Waals surface area (Å²) in [5, 5.41) is 10.1. The minimum absolute atomic E-state index is 0.312. The molecule has 3 N–H and O–H groups in total. The lowest BCUT2D eigenvalue weighted by atomic mass is 9.83. The van der Waals surface area contributed by atoms with Crippen LogP contribution < -0.4 is 10.5 Å². The molecule has 0 fully saturated rings. The van der Waals surface area contributed by atoms with Gasteiger partial charge < -0.3 is 15.6 Å². The number of hydrogen-bond acceptors (Lipinski definition) is 3. The van der Waals surface area contributed by atoms with Crippen molar-refractivity contribution in [2.45, 2.75) is 26.9 Å². The van der Waals surface area contributed by atoms with Crippen LogP contribution in [-0.2, 0) is 0 Å². The van der Waals surface area contributed by atoms with Crippen molar-refractivity contribution in [3.05, 3.63) is 29.8 Å². The minimum Gasteiger partial charge on any atom is -0.494 e. The van der Waals surface area contributed by atoms with E-state index in [2.05, 4.69) is 0 Å². The van der Waals surface area contributed by atoms with E-state index in [4.69, 9.17) is 10.5 Å². The van der Waals surface area contributed by atoms with Crippen molar-refractivity contribution < 1.29 is 9.84 Å². The van der Waals surface area contributed by atoms with E-state index in [9.17, 15) is 5.11 Å². The Morgan fingerprint density at radius 1 is 1.31 bits per heavy atom. The van der Waals surface area contributed by atoms with Crippen molar-refractivity contribution in [1.29, 1.82) is 0 Å². The van der Waals surface area contributed by atoms with E-state index in [1.807, 2.05) is 45.0 Å². The maximum absolute atomic E-state index is 10.1. The van der Waals surface area contributed by atoms with Gasteiger partial charge in [-0.3, -0.25) is 0 Å². The molecule has 0 saturated heterocycles. The Hall–Kier alpha value is -1.06. The summed E-state index contributed by atoms with van der Waals surface area (Å²) in [6.45, 7) is 6.94. The van der Waals surface area contributed by atoms with Gasteiger partial charge >= 0.3 is 0 Å². The molecule has 1 aromatic carbocycles. The molecule has 3 nitrogen and oxygen atoms in total. The first-order valence-corrected chi connectivity index (χ1v) is 5.62. The first-order chi connectivity index (χ1) is 7.51. The van der Waals surface area contributed by atoms with Crippen LogP contribution in [0.1, 0.15) is 32.4 Å². The summed E-state index contributed by atoms with van der Waals surface area (Å²) in [6.07, 6.45) is -0.548. The number of ether oxygens (including phenoxy) is 1. The van der Waals surface area contributed by atoms with Crippen molar-refractivity contribution in [3.8, 4) is 5.75 Å². The molecule has 1 rings (SSSR count). The molecule has 0 aliphatic heterocycles. The molecule has 0 aliphatic rings. The summed E-state index contributed by atoms with van der Waals surface area (Å²) < 4.78 is 5.35. The molecule has 1 unspecified atom stereocenters. The number of aliphatic hydroxyl groups excluding tert-OH is 1. The summed E-state index contributed by atoms with van der Waals surface area (Å²) in [5.74, 6) is 0.823. The standard InChI is InChI=1S/C13H21NO2/c1-4-16-11-7-5-10(6-8-11)12(15)13(2,3)9-14/h5-8,12,15H,4,9,14H2,1-3H3. The molecule has 90 valence electrons. The SMILES string of the molecule is CCOc1ccc(C(O)C(C)(C)CN)cc1. The van der Waals surface area contributed by atoms with Gasteiger partial charge in [-0.25, -0.2) is 0 Å². The highest BCUT2D eigenvalue weighted by Crippen LogP contribution is 2.32. The summed E-state index contributed by atoms with van der Waals surface area (Å²) in [7, 11) is 0. The monoisotopic (exact) mass is 223 g/mol. The number of rotatable bonds is 5. The fourth-order valence-corrected chi connectivity index (χ4v) is 1.48. The highest BCUT2D eigenvalue weighted by atomic mass is 16.5. The topological polar surface area (TPSA) is 55.5 Å². The third-order valence-electron chi connectivity index (χ3n) is 2.77. The average molecular weight is 223 g/mol. The maximum atomic E-state index is 10.1. The van der Waals surface area contributed by atoms with Gasteiger partial charge in [0.15, 0.2) is 0 Å². The van der Waals surface area contributed by atoms with Crippen molar-refractivity contribution >= 4 is 0 Å². The van der Waals surface area contributed by atoms with Gasteiger partial charge in [0.1, 0.15) is 5.75 Å². The fraction of sp³-hybridized carbons (Fsp3) is 0.538. The van der Waals surface area contributed by atoms with E-state index < -0.39 is 6.10 Å². The summed E-state index contributed by atoms with van der Waals surface area (Å²) in [6, 6.07) is 7.50. The third kappa shape index (κ3) is 2.97. The molecule has 1 aromatic rings. The third-order valence-corrected chi connectivity index (χ3v) is 2.77. The van der Waals surface area contributed by atoms with Gasteiger partial charge in [0, 0.05) is 12.0 Å². The first kappa shape index (κ1) is 13.0. The second-order valence-corrected chi connectivity index (χ2v) is 4.60. The molecule has 0 aromatic heterocycles. The first-order valence-electron chi connectivity index (χ1n) is 5.62. The molecule has 0 amide bonds. The Bertz CT molecular complexity index is 319. The second-order valence-electron chi connectivity index (χ2n) is 4.60. The average Bonchev–Trinajstić information content (AvgIpc) is 2.29. The Morgan fingerprint density at radius 3 is 2.31 bits per heavy atom. The Balaban J connectivity index is 2.81. The summed E-state index contributed by atoms with van der Waals surface area (Å²) in [4.78, 5) is 0. The Kier molecular flexibility index (Phi) is 4.33. The van der Waals surface area contributed by atoms with Crippen LogP contribution in [0.2, 0.25) is 0 Å². The van der Waals surface area contributed by atoms with E-state index >= 15 is 0 Å². The van der Waals surface area contributed by atoms with Gasteiger partial charge in [-0.2, -0.15) is 0 Å². The van der Waals surface area contributed by atoms with Crippen molar-refractivity contribution in [1.82, 2.24) is 0 Å². The van der Waals surface area contributed by atoms with Crippen LogP contribution in [-0.4, -0.2) is 18.3 Å². The van der Waals surface area contributed by atoms with Crippen molar-refractivity contribution in [2.24, 2.45) is 11.1 Å². The normalized spacial score (nSPS) is 13.6. The predicted octanol–water partition coefficient (Wildman–Crippen LogP) is 2.10. The number of benzene rings is 1. The van der Waals surface area contributed by atoms with Gasteiger partial charge in [-0.15, -0.1) is 0 Å². The quantitative estimate of drug-likeness (QED) is 0.803. The van der Waals surface area contributed by atoms with Crippen LogP contribution in [0.25, 0.3) is 0 Å². The Labute approximate surface area is 97.2 Å². The lowest BCUT2D eigenvalue weighted by Crippen LogP contribution is -2.30. The Morgan fingerprint density at radius 2 is 1.88 bits per heavy atom. The van der Waals surface area contributed by atoms with E-state index in [1.54, 1.807) is 0 Å². The zero-order valence-electron chi connectivity index (χ0n) is 10.2. The van der Waals surface area contributed by atoms with E-state index in [0.717, 1.165) is 11.3 Å². The molecular weight excluding hydrogens is 202 g/mol. The lowest BCUT2D eigenvalue weighted by Gasteiger charge is -2.29. The molecule has 1 atom stereocenters. The highest BCUT2D eigenvalue weighted by Gasteiger charge is 2.27. The van der Waals surface area contributed by atoms with Crippen molar-refractivity contribution in [2.75, 3.05) is 13.2 Å². The predicted molar refractivity (Wildman–Crippen MR) is 65.4 cm³/mol. The molecule has 0 bridgehead atoms. The second kappa shape index (κ2) is 5.32. The zero-order chi connectivity index (χ0) is 12.2. The summed E-state index contributed by atoms with van der Waals surface area (Å²) >= 11 is 0. The molecule has 0 spiro atoms. The van der Waals surface area contributed by atoms with Crippen LogP contribution in [0.3, 0.4) is 0 Å². The van der Waals surface area contributed by atoms with Crippen LogP contribution >= 0.6 is 0 Å². The number of nitrogens with two attached hydrogens (primary N) is 1. The van der Waals surface area contributed by atoms with Gasteiger partial charge in [0.05, 0.1) is 12.7 Å². The minimum atomic E-state index is -0.548. The number of hydrogen-bond donors (Lipinski definition) is 2. The van der Waals surface area contributed by atoms with E-state index in [-0.39, 0.29) is 5.41 Å². The van der Waals surface area contributed by atoms with Crippen LogP contribution in [0.4, 0.5) is 0 Å². The molecule has 16 heavy (non-hydrogen) atoms. The van der Waals surface area contributed by atoms with Crippen molar-refractivity contribution in [3.63, 3.8) is 0 Å². The smallest absolute Gasteiger partial charge is 0.119 e. The fourth-order valence-electron chi connectivity index (χ4n) is 1.48. The van der Waals surface area contributed by atoms with Gasteiger partial charge in [-0.1, -0.05) is 26.0 Å². The maximum Gasteiger partial charge on any atom is 0.119 e. The van der Waals surface area contributed by atoms with Crippen LogP contribution in [0.15, 0.2) is 24.3 Å². The van der Waals surface area contributed by atoms with Gasteiger partial charge in [0.25, 0.3) is 0 Å². The summed E-state index contributed by atoms with van der Waals surface area (Å²) in [5.41, 5.74) is 6.20. The zero-order valence-corrected chi connectivity index (χ0v) is 10.2.